The van der Waals surface area contributed by atoms with E-state index in [1.165, 1.54) is 0 Å². The van der Waals surface area contributed by atoms with E-state index in [1.54, 1.807) is 0 Å². The summed E-state index contributed by atoms with van der Waals surface area (Å²) in [6.07, 6.45) is 7.02. The first-order chi connectivity index (χ1) is 14.5. The summed E-state index contributed by atoms with van der Waals surface area (Å²) in [5.41, 5.74) is 2.59. The molecule has 1 aromatic heterocycles. The third kappa shape index (κ3) is 5.06. The molecule has 1 saturated carbocycles. The van der Waals surface area contributed by atoms with Gasteiger partial charge in [0.05, 0.1) is 17.7 Å². The maximum atomic E-state index is 11.9. The number of hydrogen-bond donors (Lipinski definition) is 2. The fraction of sp³-hybridized carbons (Fsp3) is 0.583. The number of aromatic nitrogens is 2. The average molecular weight is 433 g/mol. The lowest BCUT2D eigenvalue weighted by atomic mass is 9.84. The molecule has 1 aliphatic rings. The van der Waals surface area contributed by atoms with Crippen molar-refractivity contribution in [2.75, 3.05) is 0 Å². The quantitative estimate of drug-likeness (QED) is 0.502. The second-order valence-electron chi connectivity index (χ2n) is 8.42. The van der Waals surface area contributed by atoms with E-state index in [2.05, 4.69) is 11.9 Å². The van der Waals surface area contributed by atoms with Crippen LogP contribution in [0.2, 0.25) is 5.15 Å². The maximum absolute atomic E-state index is 11.9. The molecular formula is C24H33ClN2O3. The summed E-state index contributed by atoms with van der Waals surface area (Å²) in [4.78, 5) is 16.4. The minimum Gasteiger partial charge on any atom is -0.481 e. The summed E-state index contributed by atoms with van der Waals surface area (Å²) >= 11 is 6.39. The summed E-state index contributed by atoms with van der Waals surface area (Å²) in [5, 5.41) is 20.7. The summed E-state index contributed by atoms with van der Waals surface area (Å²) in [7, 11) is 0. The molecule has 0 aliphatic heterocycles. The molecule has 2 aromatic rings. The summed E-state index contributed by atoms with van der Waals surface area (Å²) in [6, 6.07) is 7.90. The number of aliphatic carboxylic acids is 1. The first-order valence-electron chi connectivity index (χ1n) is 11.2. The van der Waals surface area contributed by atoms with Crippen molar-refractivity contribution in [3.8, 4) is 0 Å². The van der Waals surface area contributed by atoms with Crippen LogP contribution in [0.4, 0.5) is 0 Å². The molecule has 5 nitrogen and oxygen atoms in total. The van der Waals surface area contributed by atoms with Crippen molar-refractivity contribution in [3.05, 3.63) is 52.1 Å². The second kappa shape index (κ2) is 10.5. The van der Waals surface area contributed by atoms with Crippen molar-refractivity contribution in [2.24, 2.45) is 5.92 Å². The molecule has 0 radical (unpaired) electrons. The van der Waals surface area contributed by atoms with Crippen molar-refractivity contribution in [2.45, 2.75) is 83.8 Å². The van der Waals surface area contributed by atoms with Gasteiger partial charge < -0.3 is 14.8 Å². The van der Waals surface area contributed by atoms with Gasteiger partial charge in [0.25, 0.3) is 0 Å². The predicted molar refractivity (Wildman–Crippen MR) is 119 cm³/mol. The van der Waals surface area contributed by atoms with Crippen LogP contribution in [0.3, 0.4) is 0 Å². The lowest BCUT2D eigenvalue weighted by molar-refractivity contribution is -0.140. The molecule has 30 heavy (non-hydrogen) atoms. The Morgan fingerprint density at radius 2 is 1.90 bits per heavy atom. The molecule has 164 valence electrons. The first-order valence-corrected chi connectivity index (χ1v) is 11.6. The number of hydrogen-bond acceptors (Lipinski definition) is 3. The Morgan fingerprint density at radius 1 is 1.23 bits per heavy atom. The molecule has 6 heteroatoms. The highest BCUT2D eigenvalue weighted by Crippen LogP contribution is 2.37. The average Bonchev–Trinajstić information content (AvgIpc) is 3.35. The van der Waals surface area contributed by atoms with E-state index < -0.39 is 18.0 Å². The molecule has 1 heterocycles. The molecule has 2 atom stereocenters. The van der Waals surface area contributed by atoms with Crippen LogP contribution in [-0.4, -0.2) is 25.7 Å². The number of carboxylic acids is 1. The molecule has 1 aliphatic carbocycles. The zero-order valence-electron chi connectivity index (χ0n) is 18.0. The topological polar surface area (TPSA) is 75.4 Å². The fourth-order valence-electron chi connectivity index (χ4n) is 4.61. The smallest absolute Gasteiger partial charge is 0.311 e. The number of halogens is 1. The molecule has 0 bridgehead atoms. The Morgan fingerprint density at radius 3 is 2.47 bits per heavy atom. The number of benzene rings is 1. The van der Waals surface area contributed by atoms with E-state index in [0.717, 1.165) is 61.9 Å². The highest BCUT2D eigenvalue weighted by Gasteiger charge is 2.31. The van der Waals surface area contributed by atoms with Gasteiger partial charge in [-0.15, -0.1) is 0 Å². The third-order valence-electron chi connectivity index (χ3n) is 6.31. The SMILES string of the molecule is CCCCc1nc(Cl)c(C(O)CC)n1Cc1ccc(C(C(=O)O)C2CCCC2)cc1. The monoisotopic (exact) mass is 432 g/mol. The van der Waals surface area contributed by atoms with Crippen LogP contribution in [0.5, 0.6) is 0 Å². The molecule has 0 amide bonds. The molecule has 3 rings (SSSR count). The second-order valence-corrected chi connectivity index (χ2v) is 8.78. The van der Waals surface area contributed by atoms with Gasteiger partial charge in [-0.05, 0) is 42.7 Å². The standard InChI is InChI=1S/C24H33ClN2O3/c1-3-5-10-20-26-23(25)22(19(28)4-2)27(20)15-16-11-13-18(14-12-16)21(24(29)30)17-8-6-7-9-17/h11-14,17,19,21,28H,3-10,15H2,1-2H3,(H,29,30). The Kier molecular flexibility index (Phi) is 7.95. The lowest BCUT2D eigenvalue weighted by Gasteiger charge is -2.20. The molecule has 0 spiro atoms. The zero-order valence-corrected chi connectivity index (χ0v) is 18.7. The Labute approximate surface area is 184 Å². The van der Waals surface area contributed by atoms with Gasteiger partial charge in [-0.1, -0.05) is 69.0 Å². The number of imidazole rings is 1. The molecule has 1 aromatic carbocycles. The van der Waals surface area contributed by atoms with Crippen LogP contribution >= 0.6 is 11.6 Å². The van der Waals surface area contributed by atoms with E-state index in [0.29, 0.717) is 23.8 Å². The van der Waals surface area contributed by atoms with E-state index in [-0.39, 0.29) is 5.92 Å². The summed E-state index contributed by atoms with van der Waals surface area (Å²) in [5.74, 6) is -0.0383. The summed E-state index contributed by atoms with van der Waals surface area (Å²) < 4.78 is 2.03. The fourth-order valence-corrected chi connectivity index (χ4v) is 4.94. The van der Waals surface area contributed by atoms with Crippen LogP contribution in [-0.2, 0) is 17.8 Å². The van der Waals surface area contributed by atoms with Gasteiger partial charge in [-0.2, -0.15) is 0 Å². The van der Waals surface area contributed by atoms with Crippen molar-refractivity contribution in [1.82, 2.24) is 9.55 Å². The van der Waals surface area contributed by atoms with E-state index in [9.17, 15) is 15.0 Å². The maximum Gasteiger partial charge on any atom is 0.311 e. The van der Waals surface area contributed by atoms with Gasteiger partial charge in [0, 0.05) is 13.0 Å². The number of carboxylic acid groups (broad SMARTS) is 1. The van der Waals surface area contributed by atoms with Crippen molar-refractivity contribution < 1.29 is 15.0 Å². The predicted octanol–water partition coefficient (Wildman–Crippen LogP) is 5.73. The molecule has 1 fully saturated rings. The molecule has 2 N–H and O–H groups in total. The minimum atomic E-state index is -0.730. The van der Waals surface area contributed by atoms with Crippen LogP contribution in [0, 0.1) is 5.92 Å². The third-order valence-corrected chi connectivity index (χ3v) is 6.59. The van der Waals surface area contributed by atoms with Crippen molar-refractivity contribution in [1.29, 1.82) is 0 Å². The van der Waals surface area contributed by atoms with Gasteiger partial charge in [-0.3, -0.25) is 4.79 Å². The van der Waals surface area contributed by atoms with Gasteiger partial charge in [-0.25, -0.2) is 4.98 Å². The van der Waals surface area contributed by atoms with Crippen LogP contribution in [0.15, 0.2) is 24.3 Å². The van der Waals surface area contributed by atoms with Crippen LogP contribution in [0.1, 0.15) is 93.5 Å². The molecule has 2 unspecified atom stereocenters. The highest BCUT2D eigenvalue weighted by molar-refractivity contribution is 6.30. The number of rotatable bonds is 10. The Balaban J connectivity index is 1.86. The number of carbonyl (C=O) groups is 1. The Hall–Kier alpha value is -1.85. The number of nitrogens with zero attached hydrogens (tertiary/aromatic N) is 2. The van der Waals surface area contributed by atoms with Gasteiger partial charge in [0.1, 0.15) is 5.82 Å². The largest absolute Gasteiger partial charge is 0.481 e. The normalized spacial score (nSPS) is 16.7. The number of aliphatic hydroxyl groups is 1. The zero-order chi connectivity index (χ0) is 21.7. The minimum absolute atomic E-state index is 0.229. The van der Waals surface area contributed by atoms with E-state index in [4.69, 9.17) is 11.6 Å². The van der Waals surface area contributed by atoms with E-state index in [1.807, 2.05) is 35.8 Å². The lowest BCUT2D eigenvalue weighted by Crippen LogP contribution is -2.19. The molecular weight excluding hydrogens is 400 g/mol. The van der Waals surface area contributed by atoms with Gasteiger partial charge in [0.2, 0.25) is 0 Å². The van der Waals surface area contributed by atoms with Crippen molar-refractivity contribution >= 4 is 17.6 Å². The van der Waals surface area contributed by atoms with Crippen molar-refractivity contribution in [3.63, 3.8) is 0 Å². The number of aryl methyl sites for hydroxylation is 1. The summed E-state index contributed by atoms with van der Waals surface area (Å²) in [6.45, 7) is 4.62. The van der Waals surface area contributed by atoms with Crippen LogP contribution in [0.25, 0.3) is 0 Å². The first kappa shape index (κ1) is 22.8. The molecule has 0 saturated heterocycles. The van der Waals surface area contributed by atoms with Crippen LogP contribution < -0.4 is 0 Å². The highest BCUT2D eigenvalue weighted by atomic mass is 35.5. The van der Waals surface area contributed by atoms with Gasteiger partial charge in [0.15, 0.2) is 5.15 Å². The Bertz CT molecular complexity index is 841. The number of unbranched alkanes of at least 4 members (excludes halogenated alkanes) is 1. The number of aliphatic hydroxyl groups excluding tert-OH is 1. The van der Waals surface area contributed by atoms with E-state index >= 15 is 0 Å². The van der Waals surface area contributed by atoms with Gasteiger partial charge >= 0.3 is 5.97 Å².